The Morgan fingerprint density at radius 3 is 2.74 bits per heavy atom. The van der Waals surface area contributed by atoms with Gasteiger partial charge in [0.25, 0.3) is 0 Å². The molecule has 4 rings (SSSR count). The van der Waals surface area contributed by atoms with Crippen LogP contribution < -0.4 is 5.32 Å². The normalized spacial score (nSPS) is 15.8. The van der Waals surface area contributed by atoms with E-state index in [9.17, 15) is 18.3 Å². The molecule has 31 heavy (non-hydrogen) atoms. The molecule has 0 fully saturated rings. The van der Waals surface area contributed by atoms with E-state index in [0.717, 1.165) is 36.0 Å². The summed E-state index contributed by atoms with van der Waals surface area (Å²) in [5.74, 6) is -0.832. The molecular weight excluding hydrogens is 412 g/mol. The third-order valence-corrected chi connectivity index (χ3v) is 7.50. The summed E-state index contributed by atoms with van der Waals surface area (Å²) in [4.78, 5) is 16.0. The van der Waals surface area contributed by atoms with Crippen LogP contribution in [0.25, 0.3) is 0 Å². The first-order valence-corrected chi connectivity index (χ1v) is 11.7. The van der Waals surface area contributed by atoms with Gasteiger partial charge in [-0.05, 0) is 73.2 Å². The van der Waals surface area contributed by atoms with Crippen molar-refractivity contribution in [1.29, 1.82) is 0 Å². The summed E-state index contributed by atoms with van der Waals surface area (Å²) in [7, 11) is -3.57. The van der Waals surface area contributed by atoms with Gasteiger partial charge in [-0.2, -0.15) is 0 Å². The van der Waals surface area contributed by atoms with Crippen LogP contribution in [0.5, 0.6) is 0 Å². The highest BCUT2D eigenvalue weighted by molar-refractivity contribution is 7.91. The molecule has 7 heteroatoms. The van der Waals surface area contributed by atoms with E-state index >= 15 is 0 Å². The Balaban J connectivity index is 1.59. The van der Waals surface area contributed by atoms with Crippen LogP contribution in [0.4, 0.5) is 5.69 Å². The standard InChI is InChI=1S/C24H24N2O4S/c1-16-4-2-7-19(12-16)31(29,30)20-8-9-21-17(13-20)5-3-6-18(21)14-26-23-15-25-11-10-22(23)24(27)28/h2,4,7-13,15,18,26H,3,5-6,14H2,1H3,(H,27,28). The largest absolute Gasteiger partial charge is 0.478 e. The number of hydrogen-bond donors (Lipinski definition) is 2. The number of aromatic nitrogens is 1. The maximum Gasteiger partial charge on any atom is 0.337 e. The molecule has 0 radical (unpaired) electrons. The molecule has 0 saturated carbocycles. The lowest BCUT2D eigenvalue weighted by atomic mass is 9.83. The molecule has 160 valence electrons. The van der Waals surface area contributed by atoms with Crippen LogP contribution in [0.1, 0.15) is 45.8 Å². The lowest BCUT2D eigenvalue weighted by Crippen LogP contribution is -2.19. The fourth-order valence-electron chi connectivity index (χ4n) is 4.14. The smallest absolute Gasteiger partial charge is 0.337 e. The molecule has 0 saturated heterocycles. The van der Waals surface area contributed by atoms with Crippen LogP contribution in [0.2, 0.25) is 0 Å². The zero-order chi connectivity index (χ0) is 22.0. The molecule has 1 aliphatic carbocycles. The van der Waals surface area contributed by atoms with Crippen molar-refractivity contribution in [2.24, 2.45) is 0 Å². The third kappa shape index (κ3) is 4.32. The zero-order valence-corrected chi connectivity index (χ0v) is 18.0. The minimum absolute atomic E-state index is 0.168. The number of fused-ring (bicyclic) bond motifs is 1. The number of rotatable bonds is 6. The molecule has 1 heterocycles. The van der Waals surface area contributed by atoms with E-state index in [-0.39, 0.29) is 11.5 Å². The number of carboxylic acids is 1. The Morgan fingerprint density at radius 1 is 1.16 bits per heavy atom. The second-order valence-corrected chi connectivity index (χ2v) is 9.83. The number of nitrogens with zero attached hydrogens (tertiary/aromatic N) is 1. The lowest BCUT2D eigenvalue weighted by molar-refractivity contribution is 0.0697. The second-order valence-electron chi connectivity index (χ2n) is 7.88. The molecule has 0 bridgehead atoms. The van der Waals surface area contributed by atoms with E-state index in [1.54, 1.807) is 30.3 Å². The van der Waals surface area contributed by atoms with Crippen molar-refractivity contribution < 1.29 is 18.3 Å². The highest BCUT2D eigenvalue weighted by atomic mass is 32.2. The Hall–Kier alpha value is -3.19. The second kappa shape index (κ2) is 8.51. The summed E-state index contributed by atoms with van der Waals surface area (Å²) in [6.45, 7) is 2.43. The number of carbonyl (C=O) groups is 1. The van der Waals surface area contributed by atoms with Crippen LogP contribution in [0.15, 0.2) is 70.7 Å². The van der Waals surface area contributed by atoms with E-state index in [1.807, 2.05) is 19.1 Å². The van der Waals surface area contributed by atoms with E-state index in [1.165, 1.54) is 18.5 Å². The molecule has 0 aliphatic heterocycles. The van der Waals surface area contributed by atoms with Crippen molar-refractivity contribution in [3.63, 3.8) is 0 Å². The summed E-state index contributed by atoms with van der Waals surface area (Å²) in [6.07, 6.45) is 5.71. The van der Waals surface area contributed by atoms with Crippen molar-refractivity contribution >= 4 is 21.5 Å². The average Bonchev–Trinajstić information content (AvgIpc) is 2.77. The Kier molecular flexibility index (Phi) is 5.78. The van der Waals surface area contributed by atoms with Crippen molar-refractivity contribution in [2.45, 2.75) is 41.9 Å². The number of aryl methyl sites for hydroxylation is 2. The van der Waals surface area contributed by atoms with Gasteiger partial charge in [0, 0.05) is 18.7 Å². The fourth-order valence-corrected chi connectivity index (χ4v) is 5.56. The van der Waals surface area contributed by atoms with Crippen molar-refractivity contribution in [2.75, 3.05) is 11.9 Å². The van der Waals surface area contributed by atoms with Gasteiger partial charge in [-0.25, -0.2) is 13.2 Å². The molecule has 2 N–H and O–H groups in total. The number of carboxylic acid groups (broad SMARTS) is 1. The van der Waals surface area contributed by atoms with Gasteiger partial charge < -0.3 is 10.4 Å². The van der Waals surface area contributed by atoms with Gasteiger partial charge in [-0.15, -0.1) is 0 Å². The molecule has 1 aromatic heterocycles. The van der Waals surface area contributed by atoms with Crippen LogP contribution in [-0.4, -0.2) is 31.0 Å². The number of benzene rings is 2. The summed E-state index contributed by atoms with van der Waals surface area (Å²) in [5.41, 5.74) is 3.73. The number of anilines is 1. The van der Waals surface area contributed by atoms with Gasteiger partial charge in [0.1, 0.15) is 0 Å². The number of aromatic carboxylic acids is 1. The van der Waals surface area contributed by atoms with Gasteiger partial charge in [-0.1, -0.05) is 18.2 Å². The van der Waals surface area contributed by atoms with Crippen LogP contribution in [-0.2, 0) is 16.3 Å². The monoisotopic (exact) mass is 436 g/mol. The zero-order valence-electron chi connectivity index (χ0n) is 17.2. The Labute approximate surface area is 181 Å². The SMILES string of the molecule is Cc1cccc(S(=O)(=O)c2ccc3c(c2)CCCC3CNc2cnccc2C(=O)O)c1. The highest BCUT2D eigenvalue weighted by Crippen LogP contribution is 2.34. The fraction of sp³-hybridized carbons (Fsp3) is 0.250. The van der Waals surface area contributed by atoms with Gasteiger partial charge >= 0.3 is 5.97 Å². The van der Waals surface area contributed by atoms with E-state index in [4.69, 9.17) is 0 Å². The van der Waals surface area contributed by atoms with Crippen molar-refractivity contribution in [3.05, 3.63) is 83.2 Å². The molecule has 0 spiro atoms. The Bertz CT molecular complexity index is 1240. The van der Waals surface area contributed by atoms with Crippen LogP contribution >= 0.6 is 0 Å². The predicted molar refractivity (Wildman–Crippen MR) is 118 cm³/mol. The molecule has 1 unspecified atom stereocenters. The summed E-state index contributed by atoms with van der Waals surface area (Å²) in [6, 6.07) is 13.8. The maximum absolute atomic E-state index is 13.1. The first-order chi connectivity index (χ1) is 14.9. The molecule has 6 nitrogen and oxygen atoms in total. The quantitative estimate of drug-likeness (QED) is 0.593. The van der Waals surface area contributed by atoms with Gasteiger partial charge in [-0.3, -0.25) is 4.98 Å². The van der Waals surface area contributed by atoms with Crippen LogP contribution in [0, 0.1) is 6.92 Å². The molecule has 3 aromatic rings. The third-order valence-electron chi connectivity index (χ3n) is 5.75. The molecular formula is C24H24N2O4S. The lowest BCUT2D eigenvalue weighted by Gasteiger charge is -2.27. The number of nitrogens with one attached hydrogen (secondary N) is 1. The van der Waals surface area contributed by atoms with Crippen molar-refractivity contribution in [1.82, 2.24) is 4.98 Å². The van der Waals surface area contributed by atoms with E-state index in [2.05, 4.69) is 10.3 Å². The number of hydrogen-bond acceptors (Lipinski definition) is 5. The Morgan fingerprint density at radius 2 is 1.97 bits per heavy atom. The highest BCUT2D eigenvalue weighted by Gasteiger charge is 2.24. The van der Waals surface area contributed by atoms with E-state index < -0.39 is 15.8 Å². The number of sulfone groups is 1. The topological polar surface area (TPSA) is 96.4 Å². The average molecular weight is 437 g/mol. The van der Waals surface area contributed by atoms with Gasteiger partial charge in [0.15, 0.2) is 0 Å². The minimum Gasteiger partial charge on any atom is -0.478 e. The molecule has 1 aliphatic rings. The summed E-state index contributed by atoms with van der Waals surface area (Å²) in [5, 5.41) is 12.6. The molecule has 2 aromatic carbocycles. The van der Waals surface area contributed by atoms with Crippen molar-refractivity contribution in [3.8, 4) is 0 Å². The minimum atomic E-state index is -3.57. The van der Waals surface area contributed by atoms with Gasteiger partial charge in [0.2, 0.25) is 9.84 Å². The first-order valence-electron chi connectivity index (χ1n) is 10.2. The predicted octanol–water partition coefficient (Wildman–Crippen LogP) is 4.45. The molecule has 0 amide bonds. The summed E-state index contributed by atoms with van der Waals surface area (Å²) < 4.78 is 26.2. The molecule has 1 atom stereocenters. The number of pyridine rings is 1. The van der Waals surface area contributed by atoms with E-state index in [0.29, 0.717) is 22.0 Å². The maximum atomic E-state index is 13.1. The van der Waals surface area contributed by atoms with Gasteiger partial charge in [0.05, 0.1) is 27.2 Å². The van der Waals surface area contributed by atoms with Crippen LogP contribution in [0.3, 0.4) is 0 Å². The summed E-state index contributed by atoms with van der Waals surface area (Å²) >= 11 is 0. The first kappa shape index (κ1) is 21.1.